The number of aryl methyl sites for hydroxylation is 1. The number of non-ortho nitro benzene ring substituents is 1. The molecular weight excluding hydrogens is 531 g/mol. The number of halogens is 3. The highest BCUT2D eigenvalue weighted by molar-refractivity contribution is 9.11. The van der Waals surface area contributed by atoms with E-state index in [0.717, 1.165) is 5.56 Å². The van der Waals surface area contributed by atoms with Gasteiger partial charge in [-0.1, -0.05) is 23.7 Å². The fraction of sp³-hybridized carbons (Fsp3) is 0.105. The van der Waals surface area contributed by atoms with E-state index in [1.807, 2.05) is 19.1 Å². The number of nitro groups is 1. The quantitative estimate of drug-likeness (QED) is 0.282. The maximum atomic E-state index is 12.5. The number of benzene rings is 2. The standard InChI is InChI=1S/C19H13Br2ClN2O5/c1-10-3-2-4-15(22)18(10)28-9-12-5-6-16(29-12)19(25)23-17-13(20)7-11(24(26)27)8-14(17)21/h2-8H,9H2,1H3,(H,23,25). The Kier molecular flexibility index (Phi) is 6.61. The van der Waals surface area contributed by atoms with Gasteiger partial charge in [0.05, 0.1) is 15.6 Å². The molecule has 3 rings (SSSR count). The first kappa shape index (κ1) is 21.4. The number of furan rings is 1. The zero-order valence-corrected chi connectivity index (χ0v) is 18.8. The number of anilines is 1. The lowest BCUT2D eigenvalue weighted by Gasteiger charge is -2.10. The Morgan fingerprint density at radius 3 is 2.55 bits per heavy atom. The monoisotopic (exact) mass is 542 g/mol. The second-order valence-corrected chi connectivity index (χ2v) is 8.05. The number of hydrogen-bond donors (Lipinski definition) is 1. The van der Waals surface area contributed by atoms with Gasteiger partial charge < -0.3 is 14.5 Å². The van der Waals surface area contributed by atoms with Crippen molar-refractivity contribution in [2.24, 2.45) is 0 Å². The number of ether oxygens (including phenoxy) is 1. The summed E-state index contributed by atoms with van der Waals surface area (Å²) in [6.07, 6.45) is 0. The molecule has 0 fully saturated rings. The van der Waals surface area contributed by atoms with E-state index in [1.54, 1.807) is 12.1 Å². The molecule has 0 saturated heterocycles. The first-order chi connectivity index (χ1) is 13.8. The van der Waals surface area contributed by atoms with Gasteiger partial charge in [-0.3, -0.25) is 14.9 Å². The lowest BCUT2D eigenvalue weighted by Crippen LogP contribution is -2.12. The molecule has 0 radical (unpaired) electrons. The summed E-state index contributed by atoms with van der Waals surface area (Å²) in [7, 11) is 0. The number of rotatable bonds is 6. The van der Waals surface area contributed by atoms with Crippen molar-refractivity contribution in [2.45, 2.75) is 13.5 Å². The molecule has 3 aromatic rings. The van der Waals surface area contributed by atoms with Crippen molar-refractivity contribution >= 4 is 60.7 Å². The molecule has 1 N–H and O–H groups in total. The fourth-order valence-corrected chi connectivity index (χ4v) is 4.12. The van der Waals surface area contributed by atoms with Gasteiger partial charge in [0.25, 0.3) is 11.6 Å². The van der Waals surface area contributed by atoms with Crippen molar-refractivity contribution in [1.82, 2.24) is 0 Å². The van der Waals surface area contributed by atoms with Gasteiger partial charge in [-0.15, -0.1) is 0 Å². The smallest absolute Gasteiger partial charge is 0.291 e. The molecular formula is C19H13Br2ClN2O5. The third-order valence-electron chi connectivity index (χ3n) is 3.88. The van der Waals surface area contributed by atoms with Crippen LogP contribution in [-0.4, -0.2) is 10.8 Å². The van der Waals surface area contributed by atoms with Gasteiger partial charge in [-0.05, 0) is 62.5 Å². The minimum absolute atomic E-state index is 0.0663. The van der Waals surface area contributed by atoms with Gasteiger partial charge in [0, 0.05) is 21.1 Å². The minimum atomic E-state index is -0.527. The van der Waals surface area contributed by atoms with E-state index in [9.17, 15) is 14.9 Å². The summed E-state index contributed by atoms with van der Waals surface area (Å²) in [6, 6.07) is 11.2. The zero-order chi connectivity index (χ0) is 21.1. The number of nitrogens with zero attached hydrogens (tertiary/aromatic N) is 1. The predicted molar refractivity (Wildman–Crippen MR) is 116 cm³/mol. The van der Waals surface area contributed by atoms with Crippen LogP contribution in [0.15, 0.2) is 55.8 Å². The summed E-state index contributed by atoms with van der Waals surface area (Å²) in [5.41, 5.74) is 1.12. The van der Waals surface area contributed by atoms with Crippen LogP contribution in [0.25, 0.3) is 0 Å². The molecule has 0 aliphatic heterocycles. The summed E-state index contributed by atoms with van der Waals surface area (Å²) in [5, 5.41) is 14.1. The summed E-state index contributed by atoms with van der Waals surface area (Å²) < 4.78 is 12.0. The Morgan fingerprint density at radius 1 is 1.24 bits per heavy atom. The van der Waals surface area contributed by atoms with Crippen LogP contribution in [0.1, 0.15) is 21.9 Å². The maximum absolute atomic E-state index is 12.5. The lowest BCUT2D eigenvalue weighted by atomic mass is 10.2. The summed E-state index contributed by atoms with van der Waals surface area (Å²) in [4.78, 5) is 22.9. The number of nitrogens with one attached hydrogen (secondary N) is 1. The molecule has 1 aromatic heterocycles. The Hall–Kier alpha value is -2.36. The highest BCUT2D eigenvalue weighted by Gasteiger charge is 2.18. The third kappa shape index (κ3) is 4.98. The van der Waals surface area contributed by atoms with Gasteiger partial charge in [-0.25, -0.2) is 0 Å². The van der Waals surface area contributed by atoms with Crippen LogP contribution in [0.5, 0.6) is 5.75 Å². The Labute approximate surface area is 187 Å². The molecule has 1 heterocycles. The molecule has 150 valence electrons. The maximum Gasteiger partial charge on any atom is 0.291 e. The first-order valence-corrected chi connectivity index (χ1v) is 10.1. The minimum Gasteiger partial charge on any atom is -0.484 e. The van der Waals surface area contributed by atoms with Crippen LogP contribution >= 0.6 is 43.5 Å². The summed E-state index contributed by atoms with van der Waals surface area (Å²) >= 11 is 12.6. The van der Waals surface area contributed by atoms with Crippen molar-refractivity contribution in [3.63, 3.8) is 0 Å². The van der Waals surface area contributed by atoms with Crippen LogP contribution in [0, 0.1) is 17.0 Å². The molecule has 0 spiro atoms. The molecule has 7 nitrogen and oxygen atoms in total. The first-order valence-electron chi connectivity index (χ1n) is 8.17. The average Bonchev–Trinajstić information content (AvgIpc) is 3.13. The van der Waals surface area contributed by atoms with Gasteiger partial charge >= 0.3 is 0 Å². The Balaban J connectivity index is 1.71. The third-order valence-corrected chi connectivity index (χ3v) is 5.43. The highest BCUT2D eigenvalue weighted by Crippen LogP contribution is 2.35. The van der Waals surface area contributed by atoms with Crippen molar-refractivity contribution in [3.8, 4) is 5.75 Å². The molecule has 0 unspecified atom stereocenters. The fourth-order valence-electron chi connectivity index (χ4n) is 2.48. The van der Waals surface area contributed by atoms with Crippen LogP contribution in [0.4, 0.5) is 11.4 Å². The largest absolute Gasteiger partial charge is 0.484 e. The van der Waals surface area contributed by atoms with Gasteiger partial charge in [0.15, 0.2) is 5.76 Å². The summed E-state index contributed by atoms with van der Waals surface area (Å²) in [5.74, 6) is 0.545. The van der Waals surface area contributed by atoms with Crippen molar-refractivity contribution in [1.29, 1.82) is 0 Å². The van der Waals surface area contributed by atoms with E-state index >= 15 is 0 Å². The predicted octanol–water partition coefficient (Wildman–Crippen LogP) is 6.51. The molecule has 10 heteroatoms. The topological polar surface area (TPSA) is 94.6 Å². The lowest BCUT2D eigenvalue weighted by molar-refractivity contribution is -0.385. The average molecular weight is 545 g/mol. The van der Waals surface area contributed by atoms with Crippen LogP contribution in [-0.2, 0) is 6.61 Å². The van der Waals surface area contributed by atoms with E-state index in [0.29, 0.717) is 31.2 Å². The number of nitro benzene ring substituents is 1. The van der Waals surface area contributed by atoms with Crippen LogP contribution in [0.3, 0.4) is 0 Å². The second kappa shape index (κ2) is 8.98. The van der Waals surface area contributed by atoms with Crippen LogP contribution < -0.4 is 10.1 Å². The van der Waals surface area contributed by atoms with Crippen molar-refractivity contribution < 1.29 is 18.9 Å². The molecule has 2 aromatic carbocycles. The van der Waals surface area contributed by atoms with E-state index in [1.165, 1.54) is 18.2 Å². The van der Waals surface area contributed by atoms with E-state index in [4.69, 9.17) is 20.8 Å². The van der Waals surface area contributed by atoms with Gasteiger partial charge in [0.2, 0.25) is 0 Å². The Morgan fingerprint density at radius 2 is 1.93 bits per heavy atom. The van der Waals surface area contributed by atoms with E-state index < -0.39 is 10.8 Å². The molecule has 0 bridgehead atoms. The molecule has 29 heavy (non-hydrogen) atoms. The van der Waals surface area contributed by atoms with Gasteiger partial charge in [0.1, 0.15) is 18.1 Å². The zero-order valence-electron chi connectivity index (χ0n) is 14.9. The molecule has 0 saturated carbocycles. The van der Waals surface area contributed by atoms with E-state index in [2.05, 4.69) is 37.2 Å². The Bertz CT molecular complexity index is 1060. The number of para-hydroxylation sites is 1. The van der Waals surface area contributed by atoms with Crippen molar-refractivity contribution in [3.05, 3.63) is 83.6 Å². The van der Waals surface area contributed by atoms with E-state index in [-0.39, 0.29) is 18.1 Å². The normalized spacial score (nSPS) is 10.6. The van der Waals surface area contributed by atoms with Crippen LogP contribution in [0.2, 0.25) is 5.02 Å². The molecule has 1 amide bonds. The number of amides is 1. The molecule has 0 aliphatic rings. The molecule has 0 atom stereocenters. The number of hydrogen-bond acceptors (Lipinski definition) is 5. The van der Waals surface area contributed by atoms with Gasteiger partial charge in [-0.2, -0.15) is 0 Å². The second-order valence-electron chi connectivity index (χ2n) is 5.94. The molecule has 0 aliphatic carbocycles. The number of carbonyl (C=O) groups excluding carboxylic acids is 1. The number of carbonyl (C=O) groups is 1. The SMILES string of the molecule is Cc1cccc(Cl)c1OCc1ccc(C(=O)Nc2c(Br)cc([N+](=O)[O-])cc2Br)o1. The van der Waals surface area contributed by atoms with Crippen molar-refractivity contribution in [2.75, 3.05) is 5.32 Å². The highest BCUT2D eigenvalue weighted by atomic mass is 79.9. The summed E-state index contributed by atoms with van der Waals surface area (Å²) in [6.45, 7) is 1.98.